The quantitative estimate of drug-likeness (QED) is 0.236. The molecule has 0 spiro atoms. The Morgan fingerprint density at radius 3 is 2.24 bits per heavy atom. The van der Waals surface area contributed by atoms with Crippen molar-refractivity contribution >= 4 is 47.6 Å². The predicted molar refractivity (Wildman–Crippen MR) is 185 cm³/mol. The fourth-order valence-corrected chi connectivity index (χ4v) is 7.34. The second-order valence-electron chi connectivity index (χ2n) is 12.3. The topological polar surface area (TPSA) is 61.9 Å². The largest absolute Gasteiger partial charge is 0.450 e. The number of likely N-dealkylation sites (tertiary alicyclic amines) is 2. The van der Waals surface area contributed by atoms with E-state index in [1.54, 1.807) is 0 Å². The lowest BCUT2D eigenvalue weighted by atomic mass is 9.70. The van der Waals surface area contributed by atoms with E-state index in [2.05, 4.69) is 28.4 Å². The van der Waals surface area contributed by atoms with Crippen LogP contribution < -0.4 is 5.32 Å². The Balaban J connectivity index is 0.00000461. The molecule has 2 saturated heterocycles. The van der Waals surface area contributed by atoms with Crippen LogP contribution in [0, 0.1) is 0 Å². The molecule has 2 aliphatic rings. The summed E-state index contributed by atoms with van der Waals surface area (Å²) in [5, 5.41) is 4.32. The number of nitrogens with zero attached hydrogens (tertiary/aromatic N) is 2. The predicted octanol–water partition coefficient (Wildman–Crippen LogP) is 8.19. The van der Waals surface area contributed by atoms with E-state index in [-0.39, 0.29) is 35.4 Å². The summed E-state index contributed by atoms with van der Waals surface area (Å²) in [7, 11) is 0. The standard InChI is InChI=1S/C36H43Cl2N3O3.ClH/c1-2-44-34(43)39-36(26-28-11-5-3-6-12-28)19-23-40(24-20-36)21-9-17-35(30-15-16-31(37)32(38)25-30)18-10-22-41(27-35)33(42)29-13-7-4-8-14-29;/h3-8,11-16,25H,2,9-10,17-24,26-27H2,1H3,(H,39,43);1H. The summed E-state index contributed by atoms with van der Waals surface area (Å²) in [5.74, 6) is 0.0784. The van der Waals surface area contributed by atoms with E-state index >= 15 is 0 Å². The van der Waals surface area contributed by atoms with Crippen LogP contribution in [0.3, 0.4) is 0 Å². The molecule has 0 saturated carbocycles. The Bertz CT molecular complexity index is 1400. The average molecular weight is 673 g/mol. The minimum absolute atomic E-state index is 0. The Labute approximate surface area is 283 Å². The van der Waals surface area contributed by atoms with Crippen LogP contribution in [0.15, 0.2) is 78.9 Å². The van der Waals surface area contributed by atoms with Crippen molar-refractivity contribution < 1.29 is 14.3 Å². The SMILES string of the molecule is CCOC(=O)NC1(Cc2ccccc2)CCN(CCCC2(c3ccc(Cl)c(Cl)c3)CCCN(C(=O)c3ccccc3)C2)CC1.Cl. The Kier molecular flexibility index (Phi) is 12.6. The molecule has 2 fully saturated rings. The molecule has 1 unspecified atom stereocenters. The lowest BCUT2D eigenvalue weighted by molar-refractivity contribution is 0.0616. The van der Waals surface area contributed by atoms with Gasteiger partial charge in [-0.05, 0) is 93.8 Å². The molecule has 3 aromatic rings. The van der Waals surface area contributed by atoms with E-state index in [1.807, 2.05) is 72.5 Å². The fraction of sp³-hybridized carbons (Fsp3) is 0.444. The van der Waals surface area contributed by atoms with Gasteiger partial charge in [0.25, 0.3) is 5.91 Å². The number of halogens is 3. The van der Waals surface area contributed by atoms with E-state index in [1.165, 1.54) is 5.56 Å². The Morgan fingerprint density at radius 1 is 0.889 bits per heavy atom. The van der Waals surface area contributed by atoms with Crippen molar-refractivity contribution in [2.45, 2.75) is 62.8 Å². The molecule has 0 aromatic heterocycles. The van der Waals surface area contributed by atoms with E-state index in [0.717, 1.165) is 82.3 Å². The van der Waals surface area contributed by atoms with Crippen LogP contribution in [0.5, 0.6) is 0 Å². The highest BCUT2D eigenvalue weighted by Gasteiger charge is 2.40. The number of alkyl carbamates (subject to hydrolysis) is 1. The van der Waals surface area contributed by atoms with Crippen LogP contribution >= 0.6 is 35.6 Å². The molecule has 242 valence electrons. The number of ether oxygens (including phenoxy) is 1. The molecule has 2 amide bonds. The molecule has 0 radical (unpaired) electrons. The molecule has 2 heterocycles. The zero-order valence-corrected chi connectivity index (χ0v) is 28.3. The minimum Gasteiger partial charge on any atom is -0.450 e. The van der Waals surface area contributed by atoms with Crippen molar-refractivity contribution in [1.29, 1.82) is 0 Å². The van der Waals surface area contributed by atoms with Crippen molar-refractivity contribution in [2.75, 3.05) is 39.3 Å². The second-order valence-corrected chi connectivity index (χ2v) is 13.2. The number of carbonyl (C=O) groups is 2. The smallest absolute Gasteiger partial charge is 0.407 e. The maximum atomic E-state index is 13.5. The molecule has 1 atom stereocenters. The molecular formula is C36H44Cl3N3O3. The number of piperidine rings is 2. The van der Waals surface area contributed by atoms with Crippen LogP contribution in [-0.4, -0.2) is 66.7 Å². The Morgan fingerprint density at radius 2 is 1.58 bits per heavy atom. The van der Waals surface area contributed by atoms with Crippen LogP contribution in [-0.2, 0) is 16.6 Å². The number of nitrogens with one attached hydrogen (secondary N) is 1. The first-order chi connectivity index (χ1) is 21.3. The number of hydrogen-bond acceptors (Lipinski definition) is 4. The highest BCUT2D eigenvalue weighted by Crippen LogP contribution is 2.41. The van der Waals surface area contributed by atoms with Gasteiger partial charge in [0.2, 0.25) is 0 Å². The number of hydrogen-bond donors (Lipinski definition) is 1. The van der Waals surface area contributed by atoms with Gasteiger partial charge >= 0.3 is 6.09 Å². The van der Waals surface area contributed by atoms with Crippen molar-refractivity contribution in [2.24, 2.45) is 0 Å². The van der Waals surface area contributed by atoms with Crippen LogP contribution in [0.2, 0.25) is 10.0 Å². The summed E-state index contributed by atoms with van der Waals surface area (Å²) >= 11 is 12.8. The van der Waals surface area contributed by atoms with Gasteiger partial charge in [-0.2, -0.15) is 0 Å². The zero-order chi connectivity index (χ0) is 31.0. The van der Waals surface area contributed by atoms with Gasteiger partial charge in [0.05, 0.1) is 16.7 Å². The van der Waals surface area contributed by atoms with Crippen molar-refractivity contribution in [3.05, 3.63) is 106 Å². The third-order valence-corrected chi connectivity index (χ3v) is 10.1. The molecular weight excluding hydrogens is 629 g/mol. The van der Waals surface area contributed by atoms with Crippen molar-refractivity contribution in [1.82, 2.24) is 15.1 Å². The first kappa shape index (κ1) is 35.1. The highest BCUT2D eigenvalue weighted by atomic mass is 35.5. The molecule has 5 rings (SSSR count). The van der Waals surface area contributed by atoms with Gasteiger partial charge < -0.3 is 19.9 Å². The van der Waals surface area contributed by atoms with Gasteiger partial charge in [-0.1, -0.05) is 77.8 Å². The highest BCUT2D eigenvalue weighted by molar-refractivity contribution is 6.42. The molecule has 2 aliphatic heterocycles. The van der Waals surface area contributed by atoms with Crippen LogP contribution in [0.1, 0.15) is 66.9 Å². The molecule has 0 bridgehead atoms. The first-order valence-corrected chi connectivity index (χ1v) is 16.6. The maximum absolute atomic E-state index is 13.5. The number of carbonyl (C=O) groups excluding carboxylic acids is 2. The molecule has 6 nitrogen and oxygen atoms in total. The van der Waals surface area contributed by atoms with E-state index in [4.69, 9.17) is 27.9 Å². The summed E-state index contributed by atoms with van der Waals surface area (Å²) in [6.45, 7) is 6.35. The van der Waals surface area contributed by atoms with E-state index < -0.39 is 0 Å². The van der Waals surface area contributed by atoms with Crippen LogP contribution in [0.4, 0.5) is 4.79 Å². The molecule has 0 aliphatic carbocycles. The van der Waals surface area contributed by atoms with Gasteiger partial charge in [0.15, 0.2) is 0 Å². The normalized spacial score (nSPS) is 19.8. The summed E-state index contributed by atoms with van der Waals surface area (Å²) in [4.78, 5) is 30.5. The average Bonchev–Trinajstić information content (AvgIpc) is 3.04. The van der Waals surface area contributed by atoms with Crippen molar-refractivity contribution in [3.8, 4) is 0 Å². The monoisotopic (exact) mass is 671 g/mol. The minimum atomic E-state index is -0.340. The summed E-state index contributed by atoms with van der Waals surface area (Å²) < 4.78 is 5.28. The van der Waals surface area contributed by atoms with E-state index in [9.17, 15) is 9.59 Å². The van der Waals surface area contributed by atoms with Gasteiger partial charge in [-0.3, -0.25) is 4.79 Å². The summed E-state index contributed by atoms with van der Waals surface area (Å²) in [5.41, 5.74) is 2.56. The van der Waals surface area contributed by atoms with Crippen LogP contribution in [0.25, 0.3) is 0 Å². The molecule has 9 heteroatoms. The lowest BCUT2D eigenvalue weighted by Crippen LogP contribution is -2.57. The van der Waals surface area contributed by atoms with Gasteiger partial charge in [-0.25, -0.2) is 4.79 Å². The Hall–Kier alpha value is -2.77. The van der Waals surface area contributed by atoms with Crippen molar-refractivity contribution in [3.63, 3.8) is 0 Å². The molecule has 3 aromatic carbocycles. The second kappa shape index (κ2) is 16.2. The van der Waals surface area contributed by atoms with Gasteiger partial charge in [0.1, 0.15) is 0 Å². The number of benzene rings is 3. The summed E-state index contributed by atoms with van der Waals surface area (Å²) in [6.07, 6.45) is 6.02. The third-order valence-electron chi connectivity index (χ3n) is 9.39. The zero-order valence-electron chi connectivity index (χ0n) is 26.0. The maximum Gasteiger partial charge on any atom is 0.407 e. The van der Waals surface area contributed by atoms with Gasteiger partial charge in [-0.15, -0.1) is 12.4 Å². The molecule has 45 heavy (non-hydrogen) atoms. The number of amides is 2. The summed E-state index contributed by atoms with van der Waals surface area (Å²) in [6, 6.07) is 25.9. The number of rotatable bonds is 10. The van der Waals surface area contributed by atoms with Gasteiger partial charge in [0, 0.05) is 42.7 Å². The molecule has 1 N–H and O–H groups in total. The third kappa shape index (κ3) is 8.94. The first-order valence-electron chi connectivity index (χ1n) is 15.8. The van der Waals surface area contributed by atoms with E-state index in [0.29, 0.717) is 23.2 Å². The lowest BCUT2D eigenvalue weighted by Gasteiger charge is -2.45. The fourth-order valence-electron chi connectivity index (χ4n) is 7.04.